The van der Waals surface area contributed by atoms with Crippen LogP contribution in [0, 0.1) is 5.92 Å². The number of ether oxygens (including phenoxy) is 1. The Balaban J connectivity index is 1.81. The Labute approximate surface area is 111 Å². The average molecular weight is 296 g/mol. The van der Waals surface area contributed by atoms with Crippen molar-refractivity contribution in [2.45, 2.75) is 18.3 Å². The summed E-state index contributed by atoms with van der Waals surface area (Å²) in [5.41, 5.74) is 1.71. The van der Waals surface area contributed by atoms with Gasteiger partial charge in [-0.15, -0.1) is 0 Å². The minimum Gasteiger partial charge on any atom is -0.379 e. The Morgan fingerprint density at radius 2 is 2.29 bits per heavy atom. The number of hydrogen-bond acceptors (Lipinski definition) is 2. The van der Waals surface area contributed by atoms with Gasteiger partial charge in [-0.1, -0.05) is 28.1 Å². The Kier molecular flexibility index (Phi) is 3.24. The van der Waals surface area contributed by atoms with E-state index in [1.807, 2.05) is 0 Å². The first-order chi connectivity index (χ1) is 8.28. The average Bonchev–Trinajstić information content (AvgIpc) is 2.76. The van der Waals surface area contributed by atoms with Gasteiger partial charge < -0.3 is 10.1 Å². The van der Waals surface area contributed by atoms with Gasteiger partial charge in [-0.2, -0.15) is 0 Å². The number of halogens is 1. The minimum atomic E-state index is 0.278. The van der Waals surface area contributed by atoms with Gasteiger partial charge in [0.25, 0.3) is 0 Å². The molecule has 2 nitrogen and oxygen atoms in total. The third-order valence-corrected chi connectivity index (χ3v) is 4.53. The Hall–Kier alpha value is -0.380. The van der Waals surface area contributed by atoms with Crippen LogP contribution in [0.2, 0.25) is 0 Å². The molecule has 2 aliphatic heterocycles. The topological polar surface area (TPSA) is 21.3 Å². The van der Waals surface area contributed by atoms with Gasteiger partial charge in [0.1, 0.15) is 0 Å². The molecular formula is C14H18BrNO. The molecule has 17 heavy (non-hydrogen) atoms. The van der Waals surface area contributed by atoms with E-state index < -0.39 is 0 Å². The van der Waals surface area contributed by atoms with E-state index in [0.29, 0.717) is 0 Å². The molecular weight excluding hydrogens is 278 g/mol. The van der Waals surface area contributed by atoms with Gasteiger partial charge in [-0.05, 0) is 49.5 Å². The summed E-state index contributed by atoms with van der Waals surface area (Å²) in [5, 5.41) is 3.46. The maximum atomic E-state index is 5.51. The van der Waals surface area contributed by atoms with Crippen LogP contribution in [0.1, 0.15) is 18.4 Å². The van der Waals surface area contributed by atoms with Crippen molar-refractivity contribution in [1.82, 2.24) is 5.32 Å². The minimum absolute atomic E-state index is 0.278. The van der Waals surface area contributed by atoms with Crippen LogP contribution in [0.15, 0.2) is 28.7 Å². The lowest BCUT2D eigenvalue weighted by molar-refractivity contribution is -0.0706. The molecule has 1 aromatic carbocycles. The highest BCUT2D eigenvalue weighted by atomic mass is 79.9. The van der Waals surface area contributed by atoms with E-state index in [2.05, 4.69) is 45.5 Å². The van der Waals surface area contributed by atoms with Gasteiger partial charge in [0, 0.05) is 9.89 Å². The van der Waals surface area contributed by atoms with E-state index in [1.165, 1.54) is 36.0 Å². The Morgan fingerprint density at radius 3 is 2.88 bits per heavy atom. The zero-order chi connectivity index (χ0) is 11.7. The first kappa shape index (κ1) is 11.7. The summed E-state index contributed by atoms with van der Waals surface area (Å²) < 4.78 is 6.68. The lowest BCUT2D eigenvalue weighted by Gasteiger charge is -2.43. The third-order valence-electron chi connectivity index (χ3n) is 4.04. The molecule has 92 valence electrons. The van der Waals surface area contributed by atoms with E-state index in [4.69, 9.17) is 4.74 Å². The molecule has 0 saturated carbocycles. The summed E-state index contributed by atoms with van der Waals surface area (Å²) in [5.74, 6) is 0.817. The summed E-state index contributed by atoms with van der Waals surface area (Å²) in [6, 6.07) is 8.72. The first-order valence-corrected chi connectivity index (χ1v) is 7.12. The highest BCUT2D eigenvalue weighted by Gasteiger charge is 2.42. The number of hydrogen-bond donors (Lipinski definition) is 1. The number of rotatable bonds is 3. The molecule has 1 unspecified atom stereocenters. The van der Waals surface area contributed by atoms with Crippen molar-refractivity contribution in [1.29, 1.82) is 0 Å². The summed E-state index contributed by atoms with van der Waals surface area (Å²) in [6.45, 7) is 4.13. The molecule has 1 N–H and O–H groups in total. The molecule has 0 aliphatic carbocycles. The molecule has 3 heteroatoms. The van der Waals surface area contributed by atoms with E-state index in [-0.39, 0.29) is 5.41 Å². The van der Waals surface area contributed by atoms with Crippen LogP contribution < -0.4 is 5.32 Å². The first-order valence-electron chi connectivity index (χ1n) is 6.33. The summed E-state index contributed by atoms with van der Waals surface area (Å²) in [6.07, 6.45) is 2.58. The molecule has 0 bridgehead atoms. The predicted octanol–water partition coefficient (Wildman–Crippen LogP) is 2.72. The maximum Gasteiger partial charge on any atom is 0.0585 e. The number of benzene rings is 1. The molecule has 0 spiro atoms. The second-order valence-corrected chi connectivity index (χ2v) is 6.26. The second-order valence-electron chi connectivity index (χ2n) is 5.35. The molecule has 2 saturated heterocycles. The predicted molar refractivity (Wildman–Crippen MR) is 72.2 cm³/mol. The molecule has 1 aromatic rings. The van der Waals surface area contributed by atoms with Crippen LogP contribution in [0.4, 0.5) is 0 Å². The molecule has 1 atom stereocenters. The molecule has 0 amide bonds. The van der Waals surface area contributed by atoms with Crippen LogP contribution in [0.5, 0.6) is 0 Å². The normalized spacial score (nSPS) is 26.8. The highest BCUT2D eigenvalue weighted by molar-refractivity contribution is 9.10. The fraction of sp³-hybridized carbons (Fsp3) is 0.571. The van der Waals surface area contributed by atoms with Crippen LogP contribution in [0.25, 0.3) is 0 Å². The van der Waals surface area contributed by atoms with Gasteiger partial charge in [-0.3, -0.25) is 0 Å². The lowest BCUT2D eigenvalue weighted by atomic mass is 9.72. The smallest absolute Gasteiger partial charge is 0.0585 e. The molecule has 3 rings (SSSR count). The zero-order valence-corrected chi connectivity index (χ0v) is 11.5. The van der Waals surface area contributed by atoms with Crippen molar-refractivity contribution in [2.75, 3.05) is 26.3 Å². The molecule has 0 radical (unpaired) electrons. The lowest BCUT2D eigenvalue weighted by Crippen LogP contribution is -2.48. The van der Waals surface area contributed by atoms with Gasteiger partial charge in [0.2, 0.25) is 0 Å². The molecule has 0 aromatic heterocycles. The quantitative estimate of drug-likeness (QED) is 0.926. The van der Waals surface area contributed by atoms with E-state index in [1.54, 1.807) is 0 Å². The van der Waals surface area contributed by atoms with Gasteiger partial charge in [0.15, 0.2) is 0 Å². The fourth-order valence-corrected chi connectivity index (χ4v) is 3.41. The van der Waals surface area contributed by atoms with Crippen molar-refractivity contribution in [3.63, 3.8) is 0 Å². The van der Waals surface area contributed by atoms with Crippen LogP contribution >= 0.6 is 15.9 Å². The van der Waals surface area contributed by atoms with Gasteiger partial charge in [0.05, 0.1) is 13.2 Å². The van der Waals surface area contributed by atoms with Gasteiger partial charge >= 0.3 is 0 Å². The monoisotopic (exact) mass is 295 g/mol. The van der Waals surface area contributed by atoms with Crippen LogP contribution in [-0.4, -0.2) is 26.3 Å². The van der Waals surface area contributed by atoms with Crippen molar-refractivity contribution >= 4 is 15.9 Å². The fourth-order valence-electron chi connectivity index (χ4n) is 3.01. The highest BCUT2D eigenvalue weighted by Crippen LogP contribution is 2.40. The third kappa shape index (κ3) is 2.28. The summed E-state index contributed by atoms with van der Waals surface area (Å²) in [4.78, 5) is 0. The molecule has 2 heterocycles. The van der Waals surface area contributed by atoms with Crippen molar-refractivity contribution in [2.24, 2.45) is 5.92 Å². The Morgan fingerprint density at radius 1 is 1.41 bits per heavy atom. The number of nitrogens with one attached hydrogen (secondary N) is 1. The maximum absolute atomic E-state index is 5.51. The van der Waals surface area contributed by atoms with E-state index in [0.717, 1.165) is 19.1 Å². The second kappa shape index (κ2) is 4.71. The van der Waals surface area contributed by atoms with E-state index >= 15 is 0 Å². The standard InChI is InChI=1S/C14H18BrNO/c15-13-3-1-2-12(6-13)14(9-17-10-14)7-11-4-5-16-8-11/h1-3,6,11,16H,4-5,7-10H2. The van der Waals surface area contributed by atoms with E-state index in [9.17, 15) is 0 Å². The Bertz CT molecular complexity index is 397. The SMILES string of the molecule is Brc1cccc(C2(CC3CCNC3)COC2)c1. The van der Waals surface area contributed by atoms with Gasteiger partial charge in [-0.25, -0.2) is 0 Å². The van der Waals surface area contributed by atoms with Crippen LogP contribution in [-0.2, 0) is 10.2 Å². The van der Waals surface area contributed by atoms with Crippen molar-refractivity contribution in [3.8, 4) is 0 Å². The van der Waals surface area contributed by atoms with Crippen molar-refractivity contribution < 1.29 is 4.74 Å². The molecule has 2 fully saturated rings. The van der Waals surface area contributed by atoms with Crippen molar-refractivity contribution in [3.05, 3.63) is 34.3 Å². The molecule has 2 aliphatic rings. The summed E-state index contributed by atoms with van der Waals surface area (Å²) >= 11 is 3.57. The zero-order valence-electron chi connectivity index (χ0n) is 9.92. The summed E-state index contributed by atoms with van der Waals surface area (Å²) in [7, 11) is 0. The largest absolute Gasteiger partial charge is 0.379 e. The van der Waals surface area contributed by atoms with Crippen LogP contribution in [0.3, 0.4) is 0 Å².